The maximum atomic E-state index is 12.9. The number of rotatable bonds is 7. The van der Waals surface area contributed by atoms with E-state index in [0.29, 0.717) is 12.4 Å². The molecular weight excluding hydrogens is 432 g/mol. The van der Waals surface area contributed by atoms with Gasteiger partial charge in [-0.1, -0.05) is 73.4 Å². The van der Waals surface area contributed by atoms with Crippen molar-refractivity contribution in [2.24, 2.45) is 5.92 Å². The van der Waals surface area contributed by atoms with E-state index >= 15 is 0 Å². The smallest absolute Gasteiger partial charge is 0.165 e. The van der Waals surface area contributed by atoms with Crippen molar-refractivity contribution >= 4 is 23.6 Å². The molecule has 1 atom stereocenters. The molecule has 35 heavy (non-hydrogen) atoms. The maximum Gasteiger partial charge on any atom is 0.165 e. The highest BCUT2D eigenvalue weighted by atomic mass is 16.5. The first-order chi connectivity index (χ1) is 17.1. The Hall–Kier alpha value is -2.69. The van der Waals surface area contributed by atoms with Crippen LogP contribution in [0.4, 0.5) is 5.69 Å². The monoisotopic (exact) mass is 470 g/mol. The van der Waals surface area contributed by atoms with Gasteiger partial charge in [-0.3, -0.25) is 4.79 Å². The molecule has 0 spiro atoms. The van der Waals surface area contributed by atoms with E-state index in [4.69, 9.17) is 4.74 Å². The first-order valence-corrected chi connectivity index (χ1v) is 13.3. The number of hydrogen-bond donors (Lipinski definition) is 1. The minimum Gasteiger partial charge on any atom is -0.354 e. The number of fused-ring (bicyclic) bond motifs is 1. The largest absolute Gasteiger partial charge is 0.354 e. The molecule has 0 radical (unpaired) electrons. The zero-order chi connectivity index (χ0) is 24.1. The van der Waals surface area contributed by atoms with E-state index in [1.807, 2.05) is 12.1 Å². The molecule has 5 rings (SSSR count). The zero-order valence-electron chi connectivity index (χ0n) is 21.0. The Morgan fingerprint density at radius 1 is 1.09 bits per heavy atom. The second-order valence-corrected chi connectivity index (χ2v) is 10.5. The van der Waals surface area contributed by atoms with E-state index in [2.05, 4.69) is 71.8 Å². The number of benzene rings is 2. The molecular formula is C31H38N2O2. The van der Waals surface area contributed by atoms with Crippen molar-refractivity contribution in [1.29, 1.82) is 0 Å². The van der Waals surface area contributed by atoms with Gasteiger partial charge in [-0.25, -0.2) is 0 Å². The van der Waals surface area contributed by atoms with Crippen LogP contribution in [0.2, 0.25) is 0 Å². The van der Waals surface area contributed by atoms with Crippen molar-refractivity contribution in [3.8, 4) is 0 Å². The lowest BCUT2D eigenvalue weighted by Gasteiger charge is -2.34. The van der Waals surface area contributed by atoms with Crippen LogP contribution in [0.15, 0.2) is 60.2 Å². The summed E-state index contributed by atoms with van der Waals surface area (Å²) in [6, 6.07) is 16.6. The number of nitrogens with one attached hydrogen (secondary N) is 1. The average molecular weight is 471 g/mol. The van der Waals surface area contributed by atoms with E-state index in [1.54, 1.807) is 0 Å². The first-order valence-electron chi connectivity index (χ1n) is 13.3. The summed E-state index contributed by atoms with van der Waals surface area (Å²) in [7, 11) is 0. The summed E-state index contributed by atoms with van der Waals surface area (Å²) in [5.41, 5.74) is 5.39. The molecule has 0 aromatic heterocycles. The summed E-state index contributed by atoms with van der Waals surface area (Å²) in [4.78, 5) is 15.4. The normalized spacial score (nSPS) is 22.9. The zero-order valence-corrected chi connectivity index (χ0v) is 21.0. The van der Waals surface area contributed by atoms with Crippen molar-refractivity contribution in [3.63, 3.8) is 0 Å². The summed E-state index contributed by atoms with van der Waals surface area (Å²) in [6.07, 6.45) is 14.5. The summed E-state index contributed by atoms with van der Waals surface area (Å²) in [5.74, 6) is 0.577. The number of piperidine rings is 1. The number of likely N-dealkylation sites (tertiary alicyclic amines) is 1. The van der Waals surface area contributed by atoms with Crippen LogP contribution in [0.1, 0.15) is 73.4 Å². The van der Waals surface area contributed by atoms with Gasteiger partial charge < -0.3 is 15.0 Å². The van der Waals surface area contributed by atoms with Gasteiger partial charge in [0.1, 0.15) is 0 Å². The lowest BCUT2D eigenvalue weighted by atomic mass is 9.83. The maximum absolute atomic E-state index is 12.9. The third kappa shape index (κ3) is 6.12. The Morgan fingerprint density at radius 2 is 1.89 bits per heavy atom. The molecule has 0 amide bonds. The Morgan fingerprint density at radius 3 is 2.71 bits per heavy atom. The quantitative estimate of drug-likeness (QED) is 0.452. The molecule has 1 N–H and O–H groups in total. The van der Waals surface area contributed by atoms with Crippen molar-refractivity contribution in [2.75, 3.05) is 31.6 Å². The number of ether oxygens (including phenoxy) is 1. The van der Waals surface area contributed by atoms with Crippen molar-refractivity contribution in [1.82, 2.24) is 4.90 Å². The number of hydrogen-bond acceptors (Lipinski definition) is 4. The van der Waals surface area contributed by atoms with Crippen LogP contribution in [0.3, 0.4) is 0 Å². The van der Waals surface area contributed by atoms with Gasteiger partial charge in [0, 0.05) is 36.8 Å². The molecule has 1 aliphatic carbocycles. The second-order valence-electron chi connectivity index (χ2n) is 10.5. The number of nitrogens with zero attached hydrogens (tertiary/aromatic N) is 1. The first kappa shape index (κ1) is 24.0. The van der Waals surface area contributed by atoms with Gasteiger partial charge in [0.2, 0.25) is 0 Å². The molecule has 4 nitrogen and oxygen atoms in total. The van der Waals surface area contributed by atoms with Gasteiger partial charge in [0.05, 0.1) is 6.61 Å². The van der Waals surface area contributed by atoms with Gasteiger partial charge in [-0.05, 0) is 61.9 Å². The van der Waals surface area contributed by atoms with Crippen LogP contribution < -0.4 is 5.32 Å². The van der Waals surface area contributed by atoms with Crippen LogP contribution in [-0.4, -0.2) is 42.6 Å². The van der Waals surface area contributed by atoms with Gasteiger partial charge in [-0.2, -0.15) is 0 Å². The van der Waals surface area contributed by atoms with E-state index in [0.717, 1.165) is 56.6 Å². The van der Waals surface area contributed by atoms with Crippen LogP contribution >= 0.6 is 0 Å². The number of anilines is 1. The molecule has 4 heteroatoms. The SMILES string of the molecule is CC1(OCCN2CCC(=Cc3cccc(C(=O)C4CCCCC4)c3)CC2)C=Cc2ccccc2N1. The summed E-state index contributed by atoms with van der Waals surface area (Å²) < 4.78 is 6.25. The van der Waals surface area contributed by atoms with E-state index in [1.165, 1.54) is 36.0 Å². The van der Waals surface area contributed by atoms with Crippen molar-refractivity contribution in [2.45, 2.75) is 57.6 Å². The minimum atomic E-state index is -0.463. The highest BCUT2D eigenvalue weighted by Crippen LogP contribution is 2.29. The van der Waals surface area contributed by atoms with Crippen LogP contribution in [0, 0.1) is 5.92 Å². The standard InChI is InChI=1S/C31H38N2O2/c1-31(17-14-26-9-5-6-13-29(26)32-31)35-21-20-33-18-15-24(16-19-33)22-25-8-7-12-28(23-25)30(34)27-10-3-2-4-11-27/h5-9,12-14,17,22-23,27,32H,2-4,10-11,15-16,18-21H2,1H3. The van der Waals surface area contributed by atoms with E-state index in [-0.39, 0.29) is 5.92 Å². The molecule has 184 valence electrons. The topological polar surface area (TPSA) is 41.6 Å². The summed E-state index contributed by atoms with van der Waals surface area (Å²) in [6.45, 7) is 5.83. The highest BCUT2D eigenvalue weighted by molar-refractivity contribution is 5.98. The predicted molar refractivity (Wildman–Crippen MR) is 144 cm³/mol. The van der Waals surface area contributed by atoms with Crippen molar-refractivity contribution in [3.05, 3.63) is 76.9 Å². The third-order valence-corrected chi connectivity index (χ3v) is 7.75. The Kier molecular flexibility index (Phi) is 7.50. The van der Waals surface area contributed by atoms with E-state index in [9.17, 15) is 4.79 Å². The molecule has 1 unspecified atom stereocenters. The molecule has 3 aliphatic rings. The molecule has 2 heterocycles. The van der Waals surface area contributed by atoms with E-state index < -0.39 is 5.72 Å². The van der Waals surface area contributed by atoms with Crippen LogP contribution in [-0.2, 0) is 4.74 Å². The Balaban J connectivity index is 1.09. The highest BCUT2D eigenvalue weighted by Gasteiger charge is 2.26. The van der Waals surface area contributed by atoms with Crippen LogP contribution in [0.5, 0.6) is 0 Å². The Bertz CT molecular complexity index is 1090. The lowest BCUT2D eigenvalue weighted by Crippen LogP contribution is -2.41. The molecule has 2 aromatic rings. The molecule has 0 bridgehead atoms. The fraction of sp³-hybridized carbons (Fsp3) is 0.452. The average Bonchev–Trinajstić information content (AvgIpc) is 2.90. The number of para-hydroxylation sites is 1. The number of Topliss-reactive ketones (excluding diaryl/α,β-unsaturated/α-hetero) is 1. The molecule has 2 fully saturated rings. The third-order valence-electron chi connectivity index (χ3n) is 7.75. The number of carbonyl (C=O) groups is 1. The summed E-state index contributed by atoms with van der Waals surface area (Å²) in [5, 5.41) is 3.52. The van der Waals surface area contributed by atoms with Gasteiger partial charge in [0.25, 0.3) is 0 Å². The fourth-order valence-corrected chi connectivity index (χ4v) is 5.61. The fourth-order valence-electron chi connectivity index (χ4n) is 5.61. The van der Waals surface area contributed by atoms with Gasteiger partial charge in [-0.15, -0.1) is 0 Å². The molecule has 2 aliphatic heterocycles. The molecule has 1 saturated heterocycles. The van der Waals surface area contributed by atoms with Crippen molar-refractivity contribution < 1.29 is 9.53 Å². The molecule has 2 aromatic carbocycles. The summed E-state index contributed by atoms with van der Waals surface area (Å²) >= 11 is 0. The van der Waals surface area contributed by atoms with Crippen LogP contribution in [0.25, 0.3) is 12.2 Å². The van der Waals surface area contributed by atoms with Gasteiger partial charge >= 0.3 is 0 Å². The number of ketones is 1. The molecule has 1 saturated carbocycles. The minimum absolute atomic E-state index is 0.230. The Labute approximate surface area is 210 Å². The number of carbonyl (C=O) groups excluding carboxylic acids is 1. The predicted octanol–water partition coefficient (Wildman–Crippen LogP) is 6.80. The van der Waals surface area contributed by atoms with Gasteiger partial charge in [0.15, 0.2) is 11.5 Å². The lowest BCUT2D eigenvalue weighted by molar-refractivity contribution is 0.0126. The second kappa shape index (κ2) is 10.9.